The zero-order valence-corrected chi connectivity index (χ0v) is 14.9. The Hall–Kier alpha value is -2.34. The fourth-order valence-electron chi connectivity index (χ4n) is 3.18. The first-order valence-electron chi connectivity index (χ1n) is 8.22. The Balaban J connectivity index is 1.84. The van der Waals surface area contributed by atoms with Gasteiger partial charge in [0.05, 0.1) is 23.7 Å². The highest BCUT2D eigenvalue weighted by Gasteiger charge is 2.33. The second kappa shape index (κ2) is 7.27. The third-order valence-electron chi connectivity index (χ3n) is 4.54. The number of ether oxygens (including phenoxy) is 1. The predicted molar refractivity (Wildman–Crippen MR) is 96.5 cm³/mol. The van der Waals surface area contributed by atoms with Crippen LogP contribution in [0.25, 0.3) is 0 Å². The predicted octanol–water partition coefficient (Wildman–Crippen LogP) is 2.70. The van der Waals surface area contributed by atoms with Crippen LogP contribution in [0.2, 0.25) is 0 Å². The average Bonchev–Trinajstić information content (AvgIpc) is 2.80. The molecule has 1 fully saturated rings. The number of amides is 1. The van der Waals surface area contributed by atoms with Gasteiger partial charge in [0.1, 0.15) is 5.75 Å². The van der Waals surface area contributed by atoms with Gasteiger partial charge in [-0.3, -0.25) is 4.79 Å². The summed E-state index contributed by atoms with van der Waals surface area (Å²) in [7, 11) is -1.78. The second-order valence-corrected chi connectivity index (χ2v) is 8.35. The van der Waals surface area contributed by atoms with Gasteiger partial charge >= 0.3 is 0 Å². The van der Waals surface area contributed by atoms with Crippen LogP contribution in [0.15, 0.2) is 54.6 Å². The summed E-state index contributed by atoms with van der Waals surface area (Å²) < 4.78 is 30.6. The number of carbonyl (C=O) groups is 1. The average molecular weight is 359 g/mol. The first kappa shape index (κ1) is 17.5. The third kappa shape index (κ3) is 3.69. The van der Waals surface area contributed by atoms with Crippen LogP contribution in [0.1, 0.15) is 27.6 Å². The molecule has 132 valence electrons. The normalized spacial score (nSPS) is 19.9. The highest BCUT2D eigenvalue weighted by atomic mass is 32.2. The molecule has 0 bridgehead atoms. The number of hydrogen-bond donors (Lipinski definition) is 0. The molecule has 1 aliphatic rings. The Kier molecular flexibility index (Phi) is 5.08. The summed E-state index contributed by atoms with van der Waals surface area (Å²) >= 11 is 0. The largest absolute Gasteiger partial charge is 0.496 e. The third-order valence-corrected chi connectivity index (χ3v) is 6.66. The molecule has 0 N–H and O–H groups in total. The minimum atomic E-state index is -3.30. The molecule has 1 atom stereocenters. The maximum atomic E-state index is 12.8. The molecule has 0 radical (unpaired) electrons. The summed E-state index contributed by atoms with van der Waals surface area (Å²) in [6.07, 6.45) is 0.396. The fraction of sp³-hybridized carbons (Fsp3) is 0.316. The summed E-state index contributed by atoms with van der Waals surface area (Å²) in [5, 5.41) is -0.566. The summed E-state index contributed by atoms with van der Waals surface area (Å²) in [4.78, 5) is 14.4. The quantitative estimate of drug-likeness (QED) is 0.845. The van der Waals surface area contributed by atoms with Crippen molar-refractivity contribution in [3.05, 3.63) is 65.7 Å². The first-order valence-corrected chi connectivity index (χ1v) is 9.93. The molecule has 0 saturated carbocycles. The van der Waals surface area contributed by atoms with E-state index in [0.717, 1.165) is 5.56 Å². The van der Waals surface area contributed by atoms with E-state index >= 15 is 0 Å². The molecule has 3 rings (SSSR count). The number of carbonyl (C=O) groups excluding carboxylic acids is 1. The lowest BCUT2D eigenvalue weighted by Gasteiger charge is -2.21. The molecule has 2 aromatic carbocycles. The maximum absolute atomic E-state index is 12.8. The molecule has 0 aliphatic carbocycles. The number of sulfone groups is 1. The molecule has 1 unspecified atom stereocenters. The zero-order chi connectivity index (χ0) is 17.9. The van der Waals surface area contributed by atoms with Gasteiger partial charge in [0.2, 0.25) is 0 Å². The van der Waals surface area contributed by atoms with Crippen molar-refractivity contribution in [2.24, 2.45) is 0 Å². The van der Waals surface area contributed by atoms with Crippen LogP contribution in [-0.4, -0.2) is 45.2 Å². The van der Waals surface area contributed by atoms with Gasteiger partial charge in [0.15, 0.2) is 9.84 Å². The van der Waals surface area contributed by atoms with Crippen molar-refractivity contribution in [3.63, 3.8) is 0 Å². The van der Waals surface area contributed by atoms with Crippen molar-refractivity contribution in [1.29, 1.82) is 0 Å². The zero-order valence-electron chi connectivity index (χ0n) is 14.1. The van der Waals surface area contributed by atoms with Crippen molar-refractivity contribution in [2.45, 2.75) is 11.7 Å². The van der Waals surface area contributed by atoms with Gasteiger partial charge < -0.3 is 9.64 Å². The van der Waals surface area contributed by atoms with Crippen LogP contribution in [0.5, 0.6) is 5.75 Å². The van der Waals surface area contributed by atoms with Crippen LogP contribution in [0.3, 0.4) is 0 Å². The Bertz CT molecular complexity index is 849. The van der Waals surface area contributed by atoms with E-state index in [9.17, 15) is 13.2 Å². The smallest absolute Gasteiger partial charge is 0.257 e. The molecular formula is C19H21NO4S. The van der Waals surface area contributed by atoms with E-state index in [0.29, 0.717) is 24.3 Å². The summed E-state index contributed by atoms with van der Waals surface area (Å²) in [6, 6.07) is 16.2. The topological polar surface area (TPSA) is 63.7 Å². The highest BCUT2D eigenvalue weighted by molar-refractivity contribution is 7.91. The van der Waals surface area contributed by atoms with Gasteiger partial charge in [0, 0.05) is 13.1 Å². The van der Waals surface area contributed by atoms with Gasteiger partial charge in [-0.25, -0.2) is 8.42 Å². The summed E-state index contributed by atoms with van der Waals surface area (Å²) in [5.41, 5.74) is 1.25. The summed E-state index contributed by atoms with van der Waals surface area (Å²) in [5.74, 6) is 0.272. The van der Waals surface area contributed by atoms with Crippen molar-refractivity contribution >= 4 is 15.7 Å². The van der Waals surface area contributed by atoms with Crippen molar-refractivity contribution in [3.8, 4) is 5.75 Å². The minimum absolute atomic E-state index is 0.0343. The van der Waals surface area contributed by atoms with Gasteiger partial charge in [-0.05, 0) is 24.1 Å². The standard InChI is InChI=1S/C19H21NO4S/c1-24-17-10-6-5-9-16(17)19(21)20-12-11-18(25(22,23)14-13-20)15-7-3-2-4-8-15/h2-10,18H,11-14H2,1H3. The van der Waals surface area contributed by atoms with Crippen LogP contribution in [0, 0.1) is 0 Å². The lowest BCUT2D eigenvalue weighted by atomic mass is 10.1. The number of benzene rings is 2. The van der Waals surface area contributed by atoms with Crippen LogP contribution in [-0.2, 0) is 9.84 Å². The van der Waals surface area contributed by atoms with E-state index in [1.54, 1.807) is 29.2 Å². The number of nitrogens with zero attached hydrogens (tertiary/aromatic N) is 1. The second-order valence-electron chi connectivity index (χ2n) is 6.05. The monoisotopic (exact) mass is 359 g/mol. The Labute approximate surface area is 148 Å². The van der Waals surface area contributed by atoms with E-state index in [1.807, 2.05) is 30.3 Å². The van der Waals surface area contributed by atoms with Gasteiger partial charge in [0.25, 0.3) is 5.91 Å². The van der Waals surface area contributed by atoms with Crippen LogP contribution in [0.4, 0.5) is 0 Å². The number of hydrogen-bond acceptors (Lipinski definition) is 4. The van der Waals surface area contributed by atoms with E-state index < -0.39 is 15.1 Å². The molecule has 2 aromatic rings. The van der Waals surface area contributed by atoms with E-state index in [1.165, 1.54) is 7.11 Å². The van der Waals surface area contributed by atoms with Gasteiger partial charge in [-0.2, -0.15) is 0 Å². The molecular weight excluding hydrogens is 338 g/mol. The molecule has 1 amide bonds. The van der Waals surface area contributed by atoms with E-state index in [2.05, 4.69) is 0 Å². The van der Waals surface area contributed by atoms with Crippen LogP contribution >= 0.6 is 0 Å². The molecule has 1 saturated heterocycles. The van der Waals surface area contributed by atoms with Gasteiger partial charge in [-0.15, -0.1) is 0 Å². The molecule has 5 nitrogen and oxygen atoms in total. The fourth-order valence-corrected chi connectivity index (χ4v) is 4.98. The Morgan fingerprint density at radius 2 is 1.72 bits per heavy atom. The Morgan fingerprint density at radius 1 is 1.04 bits per heavy atom. The van der Waals surface area contributed by atoms with Crippen LogP contribution < -0.4 is 4.74 Å². The van der Waals surface area contributed by atoms with E-state index in [-0.39, 0.29) is 18.2 Å². The highest BCUT2D eigenvalue weighted by Crippen LogP contribution is 2.30. The molecule has 0 spiro atoms. The maximum Gasteiger partial charge on any atom is 0.257 e. The molecule has 6 heteroatoms. The lowest BCUT2D eigenvalue weighted by Crippen LogP contribution is -2.33. The van der Waals surface area contributed by atoms with Crippen molar-refractivity contribution < 1.29 is 17.9 Å². The molecule has 25 heavy (non-hydrogen) atoms. The molecule has 1 aliphatic heterocycles. The van der Waals surface area contributed by atoms with E-state index in [4.69, 9.17) is 4.74 Å². The molecule has 1 heterocycles. The SMILES string of the molecule is COc1ccccc1C(=O)N1CCC(c2ccccc2)S(=O)(=O)CC1. The minimum Gasteiger partial charge on any atom is -0.496 e. The van der Waals surface area contributed by atoms with Crippen molar-refractivity contribution in [1.82, 2.24) is 4.90 Å². The van der Waals surface area contributed by atoms with Crippen molar-refractivity contribution in [2.75, 3.05) is 26.0 Å². The Morgan fingerprint density at radius 3 is 2.44 bits per heavy atom. The lowest BCUT2D eigenvalue weighted by molar-refractivity contribution is 0.0763. The van der Waals surface area contributed by atoms with Gasteiger partial charge in [-0.1, -0.05) is 42.5 Å². The number of para-hydroxylation sites is 1. The first-order chi connectivity index (χ1) is 12.0. The number of rotatable bonds is 3. The number of methoxy groups -OCH3 is 1. The summed E-state index contributed by atoms with van der Waals surface area (Å²) in [6.45, 7) is 0.595. The molecule has 0 aromatic heterocycles.